The summed E-state index contributed by atoms with van der Waals surface area (Å²) in [5, 5.41) is 19.2. The van der Waals surface area contributed by atoms with Gasteiger partial charge >= 0.3 is 13.1 Å². The topological polar surface area (TPSA) is 92.5 Å². The van der Waals surface area contributed by atoms with Crippen LogP contribution in [-0.4, -0.2) is 37.7 Å². The molecule has 108 valence electrons. The van der Waals surface area contributed by atoms with E-state index >= 15 is 0 Å². The minimum Gasteiger partial charge on any atom is -0.535 e. The van der Waals surface area contributed by atoms with E-state index in [0.29, 0.717) is 12.0 Å². The summed E-state index contributed by atoms with van der Waals surface area (Å²) in [6.07, 6.45) is 1.98. The number of aryl methyl sites for hydroxylation is 1. The lowest BCUT2D eigenvalue weighted by Crippen LogP contribution is -2.40. The van der Waals surface area contributed by atoms with Gasteiger partial charge in [-0.3, -0.25) is 0 Å². The summed E-state index contributed by atoms with van der Waals surface area (Å²) in [6, 6.07) is 3.60. The normalized spacial score (nSPS) is 17.2. The van der Waals surface area contributed by atoms with Crippen LogP contribution in [0.15, 0.2) is 22.8 Å². The van der Waals surface area contributed by atoms with Crippen molar-refractivity contribution in [2.75, 3.05) is 0 Å². The van der Waals surface area contributed by atoms with Crippen LogP contribution >= 0.6 is 23.3 Å². The third kappa shape index (κ3) is 2.76. The first-order valence-electron chi connectivity index (χ1n) is 6.20. The number of carbonyl (C=O) groups is 1. The second-order valence-electron chi connectivity index (χ2n) is 4.63. The van der Waals surface area contributed by atoms with Crippen molar-refractivity contribution >= 4 is 36.4 Å². The second-order valence-corrected chi connectivity index (χ2v) is 6.89. The van der Waals surface area contributed by atoms with Crippen LogP contribution in [0.2, 0.25) is 0 Å². The minimum absolute atomic E-state index is 0.117. The highest BCUT2D eigenvalue weighted by Crippen LogP contribution is 2.37. The number of fused-ring (bicyclic) bond motifs is 1. The molecule has 0 aliphatic carbocycles. The van der Waals surface area contributed by atoms with E-state index in [4.69, 9.17) is 4.65 Å². The Kier molecular flexibility index (Phi) is 3.88. The largest absolute Gasteiger partial charge is 0.537 e. The van der Waals surface area contributed by atoms with Gasteiger partial charge in [0.15, 0.2) is 4.34 Å². The van der Waals surface area contributed by atoms with E-state index in [1.807, 2.05) is 6.07 Å². The van der Waals surface area contributed by atoms with Crippen LogP contribution in [0, 0.1) is 6.92 Å². The Morgan fingerprint density at radius 2 is 2.38 bits per heavy atom. The third-order valence-electron chi connectivity index (χ3n) is 3.23. The first-order valence-corrected chi connectivity index (χ1v) is 7.85. The van der Waals surface area contributed by atoms with Gasteiger partial charge in [0, 0.05) is 0 Å². The minimum atomic E-state index is -1.08. The smallest absolute Gasteiger partial charge is 0.535 e. The molecule has 0 radical (unpaired) electrons. The van der Waals surface area contributed by atoms with Gasteiger partial charge in [-0.05, 0) is 36.0 Å². The number of thioether (sulfide) groups is 1. The van der Waals surface area contributed by atoms with E-state index in [9.17, 15) is 14.9 Å². The molecule has 0 saturated carbocycles. The van der Waals surface area contributed by atoms with Gasteiger partial charge in [-0.2, -0.15) is 4.37 Å². The molecule has 21 heavy (non-hydrogen) atoms. The number of benzene rings is 1. The van der Waals surface area contributed by atoms with Gasteiger partial charge in [0.25, 0.3) is 0 Å². The number of carboxylic acid groups (broad SMARTS) is 1. The van der Waals surface area contributed by atoms with E-state index in [0.717, 1.165) is 9.90 Å². The van der Waals surface area contributed by atoms with Gasteiger partial charge in [0.2, 0.25) is 0 Å². The molecule has 1 aromatic carbocycles. The summed E-state index contributed by atoms with van der Waals surface area (Å²) in [7, 11) is -1.08. The van der Waals surface area contributed by atoms with Crippen LogP contribution in [0.3, 0.4) is 0 Å². The lowest BCUT2D eigenvalue weighted by atomic mass is 9.77. The van der Waals surface area contributed by atoms with E-state index in [1.165, 1.54) is 29.6 Å². The molecule has 0 unspecified atom stereocenters. The maximum atomic E-state index is 11.4. The van der Waals surface area contributed by atoms with E-state index in [1.54, 1.807) is 13.0 Å². The fourth-order valence-corrected chi connectivity index (χ4v) is 4.00. The number of nitrogens with zero attached hydrogens (tertiary/aromatic N) is 2. The van der Waals surface area contributed by atoms with Crippen LogP contribution in [0.1, 0.15) is 21.5 Å². The molecular formula is C12H11BN2O4S2. The highest BCUT2D eigenvalue weighted by molar-refractivity contribution is 8.02. The van der Waals surface area contributed by atoms with E-state index in [2.05, 4.69) is 9.36 Å². The van der Waals surface area contributed by atoms with Crippen LogP contribution in [0.4, 0.5) is 0 Å². The standard InChI is InChI=1S/C12H11BN2O4S2/c1-6-2-3-7-4-8(20-12-14-5-15-21-12)13(18)19-10(7)9(6)11(16)17/h2-3,5,8,18H,4H2,1H3,(H,16,17)/t8-/m0/s1. The third-order valence-corrected chi connectivity index (χ3v) is 5.22. The fraction of sp³-hybridized carbons (Fsp3) is 0.250. The number of hydrogen-bond donors (Lipinski definition) is 2. The molecule has 3 rings (SSSR count). The molecule has 2 aromatic rings. The van der Waals surface area contributed by atoms with Crippen LogP contribution in [0.5, 0.6) is 5.75 Å². The molecule has 1 aliphatic heterocycles. The van der Waals surface area contributed by atoms with Gasteiger partial charge in [-0.1, -0.05) is 23.9 Å². The predicted molar refractivity (Wildman–Crippen MR) is 80.0 cm³/mol. The molecule has 0 bridgehead atoms. The maximum Gasteiger partial charge on any atom is 0.537 e. The van der Waals surface area contributed by atoms with Gasteiger partial charge in [-0.25, -0.2) is 9.78 Å². The summed E-state index contributed by atoms with van der Waals surface area (Å²) < 4.78 is 10.1. The Morgan fingerprint density at radius 3 is 3.05 bits per heavy atom. The van der Waals surface area contributed by atoms with Crippen molar-refractivity contribution < 1.29 is 19.6 Å². The average Bonchev–Trinajstić information content (AvgIpc) is 2.92. The zero-order valence-electron chi connectivity index (χ0n) is 11.0. The van der Waals surface area contributed by atoms with Crippen molar-refractivity contribution in [2.45, 2.75) is 22.8 Å². The molecule has 1 atom stereocenters. The van der Waals surface area contributed by atoms with Crippen molar-refractivity contribution in [3.05, 3.63) is 35.2 Å². The summed E-state index contributed by atoms with van der Waals surface area (Å²) >= 11 is 2.64. The summed E-state index contributed by atoms with van der Waals surface area (Å²) in [5.41, 5.74) is 1.51. The quantitative estimate of drug-likeness (QED) is 0.830. The molecule has 0 saturated heterocycles. The SMILES string of the molecule is Cc1ccc2c(c1C(=O)O)OB(O)[C@@H](Sc1ncns1)C2. The molecule has 2 heterocycles. The first-order chi connectivity index (χ1) is 10.1. The van der Waals surface area contributed by atoms with Gasteiger partial charge in [0.05, 0.1) is 5.15 Å². The van der Waals surface area contributed by atoms with Gasteiger partial charge in [-0.15, -0.1) is 0 Å². The average molecular weight is 322 g/mol. The summed E-state index contributed by atoms with van der Waals surface area (Å²) in [5.74, 6) is -0.782. The molecule has 1 aliphatic rings. The van der Waals surface area contributed by atoms with Crippen LogP contribution in [0.25, 0.3) is 0 Å². The van der Waals surface area contributed by atoms with E-state index in [-0.39, 0.29) is 16.5 Å². The lowest BCUT2D eigenvalue weighted by Gasteiger charge is -2.27. The van der Waals surface area contributed by atoms with Crippen LogP contribution in [-0.2, 0) is 6.42 Å². The second kappa shape index (κ2) is 5.66. The number of aromatic nitrogens is 2. The fourth-order valence-electron chi connectivity index (χ4n) is 2.24. The summed E-state index contributed by atoms with van der Waals surface area (Å²) in [6.45, 7) is 1.71. The van der Waals surface area contributed by atoms with E-state index < -0.39 is 13.1 Å². The number of hydrogen-bond acceptors (Lipinski definition) is 7. The van der Waals surface area contributed by atoms with Gasteiger partial charge < -0.3 is 14.8 Å². The zero-order valence-corrected chi connectivity index (χ0v) is 12.6. The molecule has 9 heteroatoms. The van der Waals surface area contributed by atoms with Crippen molar-refractivity contribution in [2.24, 2.45) is 0 Å². The maximum absolute atomic E-state index is 11.4. The zero-order chi connectivity index (χ0) is 15.0. The Hall–Kier alpha value is -1.58. The highest BCUT2D eigenvalue weighted by atomic mass is 32.2. The molecule has 0 spiro atoms. The Morgan fingerprint density at radius 1 is 1.57 bits per heavy atom. The molecular weight excluding hydrogens is 311 g/mol. The molecule has 0 amide bonds. The first kappa shape index (κ1) is 14.4. The lowest BCUT2D eigenvalue weighted by molar-refractivity contribution is 0.0693. The summed E-state index contributed by atoms with van der Waals surface area (Å²) in [4.78, 5) is 15.4. The Balaban J connectivity index is 1.92. The molecule has 0 fully saturated rings. The molecule has 2 N–H and O–H groups in total. The van der Waals surface area contributed by atoms with Gasteiger partial charge in [0.1, 0.15) is 17.6 Å². The Bertz CT molecular complexity index is 680. The Labute approximate surface area is 129 Å². The van der Waals surface area contributed by atoms with Crippen molar-refractivity contribution in [1.29, 1.82) is 0 Å². The van der Waals surface area contributed by atoms with Crippen LogP contribution < -0.4 is 4.65 Å². The predicted octanol–water partition coefficient (Wildman–Crippen LogP) is 1.66. The number of aromatic carboxylic acids is 1. The van der Waals surface area contributed by atoms with Crippen molar-refractivity contribution in [1.82, 2.24) is 9.36 Å². The van der Waals surface area contributed by atoms with Crippen molar-refractivity contribution in [3.8, 4) is 5.75 Å². The highest BCUT2D eigenvalue weighted by Gasteiger charge is 2.38. The number of rotatable bonds is 3. The van der Waals surface area contributed by atoms with Crippen molar-refractivity contribution in [3.63, 3.8) is 0 Å². The molecule has 6 nitrogen and oxygen atoms in total. The number of carboxylic acids is 1. The molecule has 1 aromatic heterocycles. The monoisotopic (exact) mass is 322 g/mol.